The molecule has 0 aromatic rings. The lowest BCUT2D eigenvalue weighted by Crippen LogP contribution is -2.50. The first kappa shape index (κ1) is 14.2. The van der Waals surface area contributed by atoms with E-state index in [2.05, 4.69) is 5.32 Å². The highest BCUT2D eigenvalue weighted by atomic mass is 32.2. The van der Waals surface area contributed by atoms with Crippen LogP contribution in [0.4, 0.5) is 4.79 Å². The number of amides is 2. The molecule has 17 heavy (non-hydrogen) atoms. The molecule has 1 aliphatic carbocycles. The van der Waals surface area contributed by atoms with Crippen molar-refractivity contribution in [2.24, 2.45) is 5.92 Å². The molecule has 0 heterocycles. The topological polar surface area (TPSA) is 69.6 Å². The van der Waals surface area contributed by atoms with Crippen molar-refractivity contribution in [1.82, 2.24) is 10.2 Å². The Morgan fingerprint density at radius 1 is 1.53 bits per heavy atom. The van der Waals surface area contributed by atoms with E-state index in [9.17, 15) is 9.59 Å². The van der Waals surface area contributed by atoms with Crippen molar-refractivity contribution in [2.45, 2.75) is 31.8 Å². The number of thioether (sulfide) groups is 1. The van der Waals surface area contributed by atoms with Gasteiger partial charge in [0.1, 0.15) is 6.04 Å². The number of nitrogens with zero attached hydrogens (tertiary/aromatic N) is 1. The monoisotopic (exact) mass is 260 g/mol. The van der Waals surface area contributed by atoms with Gasteiger partial charge in [0.05, 0.1) is 0 Å². The van der Waals surface area contributed by atoms with Crippen LogP contribution in [0, 0.1) is 5.92 Å². The summed E-state index contributed by atoms with van der Waals surface area (Å²) in [5.74, 6) is 0.0120. The Morgan fingerprint density at radius 3 is 2.53 bits per heavy atom. The number of carboxylic acid groups (broad SMARTS) is 1. The number of hydrogen-bond donors (Lipinski definition) is 2. The average Bonchev–Trinajstić information content (AvgIpc) is 3.08. The van der Waals surface area contributed by atoms with Crippen molar-refractivity contribution < 1.29 is 14.7 Å². The molecule has 1 aliphatic rings. The van der Waals surface area contributed by atoms with Crippen LogP contribution in [0.5, 0.6) is 0 Å². The summed E-state index contributed by atoms with van der Waals surface area (Å²) < 4.78 is 0. The summed E-state index contributed by atoms with van der Waals surface area (Å²) in [5, 5.41) is 11.6. The van der Waals surface area contributed by atoms with E-state index in [1.54, 1.807) is 23.7 Å². The van der Waals surface area contributed by atoms with Gasteiger partial charge in [0, 0.05) is 18.8 Å². The highest BCUT2D eigenvalue weighted by molar-refractivity contribution is 7.98. The number of carbonyl (C=O) groups is 2. The molecule has 2 amide bonds. The third-order valence-corrected chi connectivity index (χ3v) is 3.84. The summed E-state index contributed by atoms with van der Waals surface area (Å²) in [6, 6.07) is -0.934. The highest BCUT2D eigenvalue weighted by Crippen LogP contribution is 2.32. The fraction of sp³-hybridized carbons (Fsp3) is 0.818. The number of carboxylic acids is 1. The molecular formula is C11H20N2O3S. The van der Waals surface area contributed by atoms with Crippen molar-refractivity contribution in [3.8, 4) is 0 Å². The highest BCUT2D eigenvalue weighted by Gasteiger charge is 2.38. The van der Waals surface area contributed by atoms with Gasteiger partial charge in [-0.2, -0.15) is 11.8 Å². The van der Waals surface area contributed by atoms with E-state index in [0.717, 1.165) is 18.6 Å². The quantitative estimate of drug-likeness (QED) is 0.754. The van der Waals surface area contributed by atoms with Crippen LogP contribution in [0.1, 0.15) is 19.8 Å². The van der Waals surface area contributed by atoms with Gasteiger partial charge in [-0.25, -0.2) is 9.59 Å². The number of rotatable bonds is 6. The summed E-state index contributed by atoms with van der Waals surface area (Å²) in [4.78, 5) is 24.4. The third kappa shape index (κ3) is 4.11. The van der Waals surface area contributed by atoms with Gasteiger partial charge < -0.3 is 15.3 Å². The molecule has 2 N–H and O–H groups in total. The summed E-state index contributed by atoms with van der Waals surface area (Å²) in [6.45, 7) is 1.95. The van der Waals surface area contributed by atoms with E-state index in [1.807, 2.05) is 13.2 Å². The zero-order valence-corrected chi connectivity index (χ0v) is 11.3. The van der Waals surface area contributed by atoms with Crippen LogP contribution in [0.2, 0.25) is 0 Å². The van der Waals surface area contributed by atoms with Crippen LogP contribution in [-0.2, 0) is 4.79 Å². The fourth-order valence-corrected chi connectivity index (χ4v) is 2.30. The number of hydrogen-bond acceptors (Lipinski definition) is 3. The van der Waals surface area contributed by atoms with Crippen LogP contribution in [0.25, 0.3) is 0 Å². The van der Waals surface area contributed by atoms with Gasteiger partial charge in [0.15, 0.2) is 0 Å². The molecule has 0 bridgehead atoms. The third-order valence-electron chi connectivity index (χ3n) is 3.03. The molecule has 6 heteroatoms. The predicted molar refractivity (Wildman–Crippen MR) is 68.3 cm³/mol. The van der Waals surface area contributed by atoms with Crippen molar-refractivity contribution >= 4 is 23.8 Å². The molecule has 0 saturated heterocycles. The van der Waals surface area contributed by atoms with E-state index in [0.29, 0.717) is 0 Å². The SMILES string of the molecule is CSCC(C)N(C)C(=O)NC(C(=O)O)C1CC1. The first-order chi connectivity index (χ1) is 7.97. The minimum absolute atomic E-state index is 0.0960. The molecule has 0 radical (unpaired) electrons. The summed E-state index contributed by atoms with van der Waals surface area (Å²) in [7, 11) is 1.70. The smallest absolute Gasteiger partial charge is 0.326 e. The average molecular weight is 260 g/mol. The van der Waals surface area contributed by atoms with Gasteiger partial charge in [-0.15, -0.1) is 0 Å². The summed E-state index contributed by atoms with van der Waals surface area (Å²) in [6.07, 6.45) is 3.76. The standard InChI is InChI=1S/C11H20N2O3S/c1-7(6-17-3)13(2)11(16)12-9(10(14)15)8-4-5-8/h7-9H,4-6H2,1-3H3,(H,12,16)(H,14,15). The molecule has 98 valence electrons. The van der Waals surface area contributed by atoms with E-state index >= 15 is 0 Å². The first-order valence-corrected chi connectivity index (χ1v) is 7.11. The van der Waals surface area contributed by atoms with Crippen LogP contribution in [-0.4, -0.2) is 53.1 Å². The second-order valence-electron chi connectivity index (χ2n) is 4.52. The van der Waals surface area contributed by atoms with Crippen LogP contribution >= 0.6 is 11.8 Å². The first-order valence-electron chi connectivity index (χ1n) is 5.72. The van der Waals surface area contributed by atoms with Crippen LogP contribution < -0.4 is 5.32 Å². The number of nitrogens with one attached hydrogen (secondary N) is 1. The Kier molecular flexibility index (Phi) is 5.11. The largest absolute Gasteiger partial charge is 0.480 e. The zero-order valence-electron chi connectivity index (χ0n) is 10.5. The molecule has 0 aromatic heterocycles. The molecule has 1 rings (SSSR count). The van der Waals surface area contributed by atoms with E-state index < -0.39 is 12.0 Å². The van der Waals surface area contributed by atoms with E-state index in [1.165, 1.54) is 0 Å². The molecule has 0 aliphatic heterocycles. The van der Waals surface area contributed by atoms with Gasteiger partial charge in [0.2, 0.25) is 0 Å². The van der Waals surface area contributed by atoms with Crippen molar-refractivity contribution in [3.63, 3.8) is 0 Å². The molecule has 0 aromatic carbocycles. The van der Waals surface area contributed by atoms with Gasteiger partial charge in [-0.3, -0.25) is 0 Å². The van der Waals surface area contributed by atoms with E-state index in [-0.39, 0.29) is 18.0 Å². The number of carbonyl (C=O) groups excluding carboxylic acids is 1. The molecule has 0 spiro atoms. The minimum atomic E-state index is -0.938. The Hall–Kier alpha value is -0.910. The Morgan fingerprint density at radius 2 is 2.12 bits per heavy atom. The van der Waals surface area contributed by atoms with Crippen molar-refractivity contribution in [1.29, 1.82) is 0 Å². The molecular weight excluding hydrogens is 240 g/mol. The number of urea groups is 1. The second-order valence-corrected chi connectivity index (χ2v) is 5.43. The van der Waals surface area contributed by atoms with Gasteiger partial charge in [-0.05, 0) is 31.9 Å². The number of aliphatic carboxylic acids is 1. The maximum atomic E-state index is 11.8. The van der Waals surface area contributed by atoms with Crippen LogP contribution in [0.3, 0.4) is 0 Å². The molecule has 2 unspecified atom stereocenters. The van der Waals surface area contributed by atoms with Gasteiger partial charge in [0.25, 0.3) is 0 Å². The Labute approximate surface area is 106 Å². The van der Waals surface area contributed by atoms with Crippen molar-refractivity contribution in [3.05, 3.63) is 0 Å². The maximum absolute atomic E-state index is 11.8. The lowest BCUT2D eigenvalue weighted by molar-refractivity contribution is -0.139. The lowest BCUT2D eigenvalue weighted by atomic mass is 10.2. The van der Waals surface area contributed by atoms with Gasteiger partial charge in [-0.1, -0.05) is 0 Å². The predicted octanol–water partition coefficient (Wildman–Crippen LogP) is 1.24. The summed E-state index contributed by atoms with van der Waals surface area (Å²) in [5.41, 5.74) is 0. The fourth-order valence-electron chi connectivity index (χ4n) is 1.60. The lowest BCUT2D eigenvalue weighted by Gasteiger charge is -2.26. The Bertz CT molecular complexity index is 294. The normalized spacial score (nSPS) is 18.3. The van der Waals surface area contributed by atoms with Crippen LogP contribution in [0.15, 0.2) is 0 Å². The molecule has 5 nitrogen and oxygen atoms in total. The maximum Gasteiger partial charge on any atom is 0.326 e. The zero-order chi connectivity index (χ0) is 13.0. The van der Waals surface area contributed by atoms with Gasteiger partial charge >= 0.3 is 12.0 Å². The molecule has 1 fully saturated rings. The Balaban J connectivity index is 2.48. The minimum Gasteiger partial charge on any atom is -0.480 e. The molecule has 2 atom stereocenters. The second kappa shape index (κ2) is 6.14. The summed E-state index contributed by atoms with van der Waals surface area (Å²) >= 11 is 1.66. The molecule has 1 saturated carbocycles. The van der Waals surface area contributed by atoms with E-state index in [4.69, 9.17) is 5.11 Å². The van der Waals surface area contributed by atoms with Crippen molar-refractivity contribution in [2.75, 3.05) is 19.1 Å².